The zero-order valence-corrected chi connectivity index (χ0v) is 21.5. The molecule has 1 aliphatic heterocycles. The van der Waals surface area contributed by atoms with Crippen molar-refractivity contribution in [1.29, 1.82) is 0 Å². The van der Waals surface area contributed by atoms with E-state index in [1.54, 1.807) is 12.1 Å². The van der Waals surface area contributed by atoms with Gasteiger partial charge in [-0.05, 0) is 95.7 Å². The number of alkyl halides is 1. The molecular formula is C30H28Cl2F3N. The zero-order chi connectivity index (χ0) is 25.2. The summed E-state index contributed by atoms with van der Waals surface area (Å²) in [6.45, 7) is 1.97. The minimum Gasteiger partial charge on any atom is -0.303 e. The number of likely N-dealkylation sites (tertiary alicyclic amines) is 1. The molecule has 6 heteroatoms. The summed E-state index contributed by atoms with van der Waals surface area (Å²) in [7, 11) is 0. The lowest BCUT2D eigenvalue weighted by Gasteiger charge is -2.39. The molecular weight excluding hydrogens is 502 g/mol. The average molecular weight is 530 g/mol. The Labute approximate surface area is 220 Å². The highest BCUT2D eigenvalue weighted by atomic mass is 35.5. The van der Waals surface area contributed by atoms with Crippen LogP contribution in [0.2, 0.25) is 10.0 Å². The maximum Gasteiger partial charge on any atom is 0.131 e. The van der Waals surface area contributed by atoms with E-state index in [2.05, 4.69) is 11.0 Å². The van der Waals surface area contributed by atoms with Gasteiger partial charge in [-0.3, -0.25) is 4.39 Å². The molecule has 0 bridgehead atoms. The van der Waals surface area contributed by atoms with E-state index >= 15 is 8.78 Å². The van der Waals surface area contributed by atoms with Crippen LogP contribution in [0.15, 0.2) is 54.6 Å². The van der Waals surface area contributed by atoms with Crippen LogP contribution in [0.1, 0.15) is 47.1 Å². The van der Waals surface area contributed by atoms with E-state index in [1.165, 1.54) is 12.1 Å². The van der Waals surface area contributed by atoms with Crippen LogP contribution in [0, 0.1) is 17.6 Å². The van der Waals surface area contributed by atoms with Crippen molar-refractivity contribution in [3.8, 4) is 0 Å². The Bertz CT molecular complexity index is 1300. The van der Waals surface area contributed by atoms with Crippen LogP contribution in [-0.2, 0) is 12.8 Å². The maximum atomic E-state index is 15.8. The van der Waals surface area contributed by atoms with Gasteiger partial charge < -0.3 is 4.90 Å². The summed E-state index contributed by atoms with van der Waals surface area (Å²) in [6.07, 6.45) is 3.39. The van der Waals surface area contributed by atoms with Gasteiger partial charge in [-0.15, -0.1) is 0 Å². The van der Waals surface area contributed by atoms with Crippen molar-refractivity contribution in [1.82, 2.24) is 4.90 Å². The van der Waals surface area contributed by atoms with E-state index in [-0.39, 0.29) is 18.2 Å². The van der Waals surface area contributed by atoms with E-state index in [0.717, 1.165) is 48.2 Å². The first-order valence-electron chi connectivity index (χ1n) is 12.5. The number of nitrogens with zero attached hydrogens (tertiary/aromatic N) is 1. The monoisotopic (exact) mass is 529 g/mol. The first kappa shape index (κ1) is 25.4. The summed E-state index contributed by atoms with van der Waals surface area (Å²) in [5.74, 6) is -0.579. The molecule has 3 aromatic rings. The second-order valence-corrected chi connectivity index (χ2v) is 10.6. The molecule has 0 N–H and O–H groups in total. The van der Waals surface area contributed by atoms with Crippen LogP contribution in [0.4, 0.5) is 13.2 Å². The number of hydrogen-bond acceptors (Lipinski definition) is 1. The second kappa shape index (κ2) is 11.0. The topological polar surface area (TPSA) is 3.24 Å². The van der Waals surface area contributed by atoms with Crippen molar-refractivity contribution in [3.63, 3.8) is 0 Å². The van der Waals surface area contributed by atoms with Crippen LogP contribution in [0.3, 0.4) is 0 Å². The third-order valence-corrected chi connectivity index (χ3v) is 7.82. The van der Waals surface area contributed by atoms with Gasteiger partial charge in [-0.25, -0.2) is 8.78 Å². The highest BCUT2D eigenvalue weighted by Gasteiger charge is 2.29. The van der Waals surface area contributed by atoms with Gasteiger partial charge in [0.1, 0.15) is 11.6 Å². The van der Waals surface area contributed by atoms with Gasteiger partial charge in [0.15, 0.2) is 0 Å². The van der Waals surface area contributed by atoms with Gasteiger partial charge in [-0.2, -0.15) is 0 Å². The van der Waals surface area contributed by atoms with E-state index in [1.807, 2.05) is 24.3 Å². The third-order valence-electron chi connectivity index (χ3n) is 7.27. The molecule has 0 unspecified atom stereocenters. The molecule has 36 heavy (non-hydrogen) atoms. The predicted octanol–water partition coefficient (Wildman–Crippen LogP) is 8.40. The Hall–Kier alpha value is -2.27. The lowest BCUT2D eigenvalue weighted by atomic mass is 9.86. The lowest BCUT2D eigenvalue weighted by Crippen LogP contribution is -2.48. The molecule has 0 amide bonds. The highest BCUT2D eigenvalue weighted by molar-refractivity contribution is 6.36. The Balaban J connectivity index is 1.55. The molecule has 1 saturated heterocycles. The Morgan fingerprint density at radius 2 is 1.67 bits per heavy atom. The van der Waals surface area contributed by atoms with Crippen molar-refractivity contribution in [3.05, 3.63) is 104 Å². The van der Waals surface area contributed by atoms with Gasteiger partial charge in [-0.1, -0.05) is 53.5 Å². The van der Waals surface area contributed by atoms with Crippen LogP contribution >= 0.6 is 23.2 Å². The van der Waals surface area contributed by atoms with E-state index < -0.39 is 11.6 Å². The molecule has 2 aliphatic rings. The van der Waals surface area contributed by atoms with Crippen molar-refractivity contribution >= 4 is 34.3 Å². The molecule has 0 aromatic heterocycles. The smallest absolute Gasteiger partial charge is 0.131 e. The number of aryl methyl sites for hydroxylation is 1. The van der Waals surface area contributed by atoms with Gasteiger partial charge in [0.2, 0.25) is 0 Å². The fourth-order valence-electron chi connectivity index (χ4n) is 5.56. The fourth-order valence-corrected chi connectivity index (χ4v) is 6.08. The number of allylic oxidation sites excluding steroid dienone is 1. The van der Waals surface area contributed by atoms with Gasteiger partial charge in [0.25, 0.3) is 0 Å². The normalized spacial score (nSPS) is 16.6. The highest BCUT2D eigenvalue weighted by Crippen LogP contribution is 2.43. The van der Waals surface area contributed by atoms with Crippen LogP contribution in [-0.4, -0.2) is 31.2 Å². The quantitative estimate of drug-likeness (QED) is 0.297. The number of rotatable bonds is 7. The SMILES string of the molecule is FCCCN1CC(Cc2cc(F)c(C3=C(c4ccc(Cl)cc4Cl)CCCc4ccccc43)cc2F)C1. The number of benzene rings is 3. The molecule has 188 valence electrons. The van der Waals surface area contributed by atoms with E-state index in [9.17, 15) is 4.39 Å². The van der Waals surface area contributed by atoms with Crippen LogP contribution < -0.4 is 0 Å². The summed E-state index contributed by atoms with van der Waals surface area (Å²) in [6, 6.07) is 16.0. The van der Waals surface area contributed by atoms with Crippen molar-refractivity contribution < 1.29 is 13.2 Å². The molecule has 0 saturated carbocycles. The Morgan fingerprint density at radius 3 is 2.44 bits per heavy atom. The fraction of sp³-hybridized carbons (Fsp3) is 0.333. The standard InChI is InChI=1S/C30H28Cl2F3N/c31-22-9-10-24(27(32)15-22)25-8-3-6-20-5-1-2-7-23(20)30(25)26-16-28(34)21(14-29(26)35)13-19-17-36(18-19)12-4-11-33/h1-2,5,7,9-10,14-16,19H,3-4,6,8,11-13,17-18H2. The molecule has 3 aromatic carbocycles. The van der Waals surface area contributed by atoms with Crippen molar-refractivity contribution in [2.75, 3.05) is 26.3 Å². The summed E-state index contributed by atoms with van der Waals surface area (Å²) >= 11 is 12.8. The Kier molecular flexibility index (Phi) is 7.76. The number of fused-ring (bicyclic) bond motifs is 1. The molecule has 0 radical (unpaired) electrons. The molecule has 1 aliphatic carbocycles. The van der Waals surface area contributed by atoms with Gasteiger partial charge in [0, 0.05) is 35.2 Å². The van der Waals surface area contributed by atoms with E-state index in [0.29, 0.717) is 47.0 Å². The summed E-state index contributed by atoms with van der Waals surface area (Å²) in [5.41, 5.74) is 5.04. The molecule has 1 nitrogen and oxygen atoms in total. The summed E-state index contributed by atoms with van der Waals surface area (Å²) in [4.78, 5) is 2.16. The third kappa shape index (κ3) is 5.22. The minimum absolute atomic E-state index is 0.254. The van der Waals surface area contributed by atoms with Gasteiger partial charge in [0.05, 0.1) is 6.67 Å². The van der Waals surface area contributed by atoms with Crippen LogP contribution in [0.5, 0.6) is 0 Å². The molecule has 5 rings (SSSR count). The van der Waals surface area contributed by atoms with Crippen LogP contribution in [0.25, 0.3) is 11.1 Å². The van der Waals surface area contributed by atoms with E-state index in [4.69, 9.17) is 23.2 Å². The first-order chi connectivity index (χ1) is 17.4. The summed E-state index contributed by atoms with van der Waals surface area (Å²) in [5, 5.41) is 1.02. The molecule has 1 fully saturated rings. The minimum atomic E-state index is -0.436. The molecule has 0 atom stereocenters. The second-order valence-electron chi connectivity index (χ2n) is 9.78. The first-order valence-corrected chi connectivity index (χ1v) is 13.2. The van der Waals surface area contributed by atoms with Crippen molar-refractivity contribution in [2.24, 2.45) is 5.92 Å². The molecule has 0 spiro atoms. The predicted molar refractivity (Wildman–Crippen MR) is 142 cm³/mol. The summed E-state index contributed by atoms with van der Waals surface area (Å²) < 4.78 is 43.7. The largest absolute Gasteiger partial charge is 0.303 e. The Morgan fingerprint density at radius 1 is 0.861 bits per heavy atom. The zero-order valence-electron chi connectivity index (χ0n) is 20.0. The number of halogens is 5. The molecule has 1 heterocycles. The van der Waals surface area contributed by atoms with Gasteiger partial charge >= 0.3 is 0 Å². The lowest BCUT2D eigenvalue weighted by molar-refractivity contribution is 0.0962. The maximum absolute atomic E-state index is 15.8. The van der Waals surface area contributed by atoms with Crippen molar-refractivity contribution in [2.45, 2.75) is 32.1 Å². The number of hydrogen-bond donors (Lipinski definition) is 0. The average Bonchev–Trinajstić information content (AvgIpc) is 3.02.